The fourth-order valence-electron chi connectivity index (χ4n) is 4.30. The average molecular weight is 462 g/mol. The summed E-state index contributed by atoms with van der Waals surface area (Å²) in [5.74, 6) is -0.639. The Morgan fingerprint density at radius 1 is 1.21 bits per heavy atom. The number of primary amides is 1. The van der Waals surface area contributed by atoms with Crippen LogP contribution in [0.5, 0.6) is 11.5 Å². The van der Waals surface area contributed by atoms with Gasteiger partial charge in [-0.05, 0) is 53.2 Å². The molecule has 4 atom stereocenters. The van der Waals surface area contributed by atoms with Gasteiger partial charge >= 0.3 is 0 Å². The molecule has 29 heavy (non-hydrogen) atoms. The lowest BCUT2D eigenvalue weighted by Gasteiger charge is -2.14. The minimum atomic E-state index is -0.603. The summed E-state index contributed by atoms with van der Waals surface area (Å²) < 4.78 is 11.5. The van der Waals surface area contributed by atoms with Crippen molar-refractivity contribution in [3.05, 3.63) is 34.3 Å². The second-order valence-electron chi connectivity index (χ2n) is 7.24. The van der Waals surface area contributed by atoms with Crippen LogP contribution in [-0.2, 0) is 14.4 Å². The number of imide groups is 1. The van der Waals surface area contributed by atoms with Crippen molar-refractivity contribution in [1.82, 2.24) is 5.01 Å². The predicted molar refractivity (Wildman–Crippen MR) is 107 cm³/mol. The van der Waals surface area contributed by atoms with Gasteiger partial charge in [-0.2, -0.15) is 10.1 Å². The molecule has 2 N–H and O–H groups in total. The molecule has 152 valence electrons. The number of nitrogens with zero attached hydrogens (tertiary/aromatic N) is 2. The zero-order valence-corrected chi connectivity index (χ0v) is 17.3. The van der Waals surface area contributed by atoms with Crippen LogP contribution in [0.15, 0.2) is 33.9 Å². The molecule has 2 bridgehead atoms. The molecule has 3 aliphatic rings. The average Bonchev–Trinajstić information content (AvgIpc) is 3.35. The Balaban J connectivity index is 1.57. The number of carbonyl (C=O) groups is 3. The maximum atomic E-state index is 12.7. The fraction of sp³-hybridized carbons (Fsp3) is 0.400. The highest BCUT2D eigenvalue weighted by Crippen LogP contribution is 2.52. The predicted octanol–water partition coefficient (Wildman–Crippen LogP) is 1.85. The fourth-order valence-corrected chi connectivity index (χ4v) is 4.72. The summed E-state index contributed by atoms with van der Waals surface area (Å²) in [6.45, 7) is 1.92. The summed E-state index contributed by atoms with van der Waals surface area (Å²) in [6, 6.07) is 3.28. The second kappa shape index (κ2) is 7.62. The van der Waals surface area contributed by atoms with E-state index in [9.17, 15) is 14.4 Å². The standard InChI is InChI=1S/C20H20BrN3O5/c1-2-28-14-6-12(13(21)7-15(14)29-9-16(22)25)8-23-24-19(26)17-10-3-4-11(5-10)18(17)20(24)27/h3-4,6-8,10-11,17-18H,2,5,9H2,1H3,(H2,22,25). The number of amides is 3. The zero-order chi connectivity index (χ0) is 20.7. The number of ether oxygens (including phenoxy) is 2. The summed E-state index contributed by atoms with van der Waals surface area (Å²) in [5, 5.41) is 5.17. The van der Waals surface area contributed by atoms with Crippen molar-refractivity contribution < 1.29 is 23.9 Å². The van der Waals surface area contributed by atoms with Crippen LogP contribution in [0.25, 0.3) is 0 Å². The van der Waals surface area contributed by atoms with Crippen LogP contribution in [-0.4, -0.2) is 42.2 Å². The van der Waals surface area contributed by atoms with Crippen LogP contribution in [0, 0.1) is 23.7 Å². The largest absolute Gasteiger partial charge is 0.490 e. The molecule has 1 aromatic carbocycles. The van der Waals surface area contributed by atoms with Crippen LogP contribution in [0.4, 0.5) is 0 Å². The van der Waals surface area contributed by atoms with E-state index in [1.54, 1.807) is 12.1 Å². The van der Waals surface area contributed by atoms with Gasteiger partial charge in [0.05, 0.1) is 24.7 Å². The van der Waals surface area contributed by atoms with Gasteiger partial charge in [0.25, 0.3) is 17.7 Å². The van der Waals surface area contributed by atoms with Gasteiger partial charge in [0.2, 0.25) is 0 Å². The third kappa shape index (κ3) is 3.43. The third-order valence-corrected chi connectivity index (χ3v) is 6.18. The van der Waals surface area contributed by atoms with Gasteiger partial charge in [-0.3, -0.25) is 14.4 Å². The molecule has 3 amide bonds. The summed E-state index contributed by atoms with van der Waals surface area (Å²) in [4.78, 5) is 36.4. The highest BCUT2D eigenvalue weighted by molar-refractivity contribution is 9.10. The monoisotopic (exact) mass is 461 g/mol. The number of benzene rings is 1. The van der Waals surface area contributed by atoms with E-state index in [4.69, 9.17) is 15.2 Å². The highest BCUT2D eigenvalue weighted by Gasteiger charge is 2.59. The number of halogens is 1. The van der Waals surface area contributed by atoms with Gasteiger partial charge in [-0.1, -0.05) is 12.2 Å². The van der Waals surface area contributed by atoms with E-state index in [-0.39, 0.29) is 42.1 Å². The zero-order valence-electron chi connectivity index (χ0n) is 15.7. The van der Waals surface area contributed by atoms with Crippen molar-refractivity contribution in [2.75, 3.05) is 13.2 Å². The maximum Gasteiger partial charge on any atom is 0.255 e. The van der Waals surface area contributed by atoms with E-state index in [2.05, 4.69) is 21.0 Å². The third-order valence-electron chi connectivity index (χ3n) is 5.49. The molecule has 8 nitrogen and oxygen atoms in total. The molecule has 0 aromatic heterocycles. The first-order valence-electron chi connectivity index (χ1n) is 9.38. The second-order valence-corrected chi connectivity index (χ2v) is 8.10. The SMILES string of the molecule is CCOc1cc(C=NN2C(=O)C3C4C=CC(C4)C3C2=O)c(Br)cc1OCC(N)=O. The molecule has 0 spiro atoms. The Morgan fingerprint density at radius 3 is 2.41 bits per heavy atom. The van der Waals surface area contributed by atoms with Crippen molar-refractivity contribution in [2.45, 2.75) is 13.3 Å². The Bertz CT molecular complexity index is 914. The molecular formula is C20H20BrN3O5. The molecule has 1 saturated heterocycles. The summed E-state index contributed by atoms with van der Waals surface area (Å²) in [6.07, 6.45) is 6.40. The van der Waals surface area contributed by atoms with E-state index in [0.717, 1.165) is 11.4 Å². The van der Waals surface area contributed by atoms with Crippen LogP contribution in [0.1, 0.15) is 18.9 Å². The molecule has 1 aromatic rings. The van der Waals surface area contributed by atoms with Crippen LogP contribution in [0.2, 0.25) is 0 Å². The number of carbonyl (C=O) groups excluding carboxylic acids is 3. The van der Waals surface area contributed by atoms with Crippen molar-refractivity contribution in [3.63, 3.8) is 0 Å². The van der Waals surface area contributed by atoms with Gasteiger partial charge < -0.3 is 15.2 Å². The van der Waals surface area contributed by atoms with Gasteiger partial charge in [-0.25, -0.2) is 0 Å². The highest BCUT2D eigenvalue weighted by atomic mass is 79.9. The Kier molecular flexibility index (Phi) is 5.16. The number of fused-ring (bicyclic) bond motifs is 5. The number of rotatable bonds is 7. The molecule has 2 aliphatic carbocycles. The van der Waals surface area contributed by atoms with Gasteiger partial charge in [-0.15, -0.1) is 0 Å². The molecule has 1 heterocycles. The van der Waals surface area contributed by atoms with E-state index in [0.29, 0.717) is 28.1 Å². The van der Waals surface area contributed by atoms with Crippen molar-refractivity contribution >= 4 is 39.9 Å². The van der Waals surface area contributed by atoms with E-state index in [1.165, 1.54) is 6.21 Å². The van der Waals surface area contributed by atoms with Gasteiger partial charge in [0, 0.05) is 10.0 Å². The number of hydrogen-bond donors (Lipinski definition) is 1. The first-order valence-corrected chi connectivity index (χ1v) is 10.2. The van der Waals surface area contributed by atoms with E-state index < -0.39 is 5.91 Å². The van der Waals surface area contributed by atoms with Gasteiger partial charge in [0.1, 0.15) is 0 Å². The summed E-state index contributed by atoms with van der Waals surface area (Å²) in [5.41, 5.74) is 5.72. The first-order chi connectivity index (χ1) is 13.9. The Hall–Kier alpha value is -2.68. The topological polar surface area (TPSA) is 111 Å². The Morgan fingerprint density at radius 2 is 1.83 bits per heavy atom. The molecule has 4 rings (SSSR count). The minimum Gasteiger partial charge on any atom is -0.490 e. The van der Waals surface area contributed by atoms with Crippen LogP contribution in [0.3, 0.4) is 0 Å². The molecule has 4 unspecified atom stereocenters. The van der Waals surface area contributed by atoms with Crippen LogP contribution < -0.4 is 15.2 Å². The normalized spacial score (nSPS) is 27.2. The number of allylic oxidation sites excluding steroid dienone is 2. The molecule has 1 aliphatic heterocycles. The van der Waals surface area contributed by atoms with E-state index in [1.807, 2.05) is 19.1 Å². The summed E-state index contributed by atoms with van der Waals surface area (Å²) in [7, 11) is 0. The molecule has 1 saturated carbocycles. The Labute approximate surface area is 175 Å². The van der Waals surface area contributed by atoms with E-state index >= 15 is 0 Å². The lowest BCUT2D eigenvalue weighted by Crippen LogP contribution is -2.28. The smallest absolute Gasteiger partial charge is 0.255 e. The lowest BCUT2D eigenvalue weighted by molar-refractivity contribution is -0.140. The molecule has 9 heteroatoms. The summed E-state index contributed by atoms with van der Waals surface area (Å²) >= 11 is 3.42. The molecule has 0 radical (unpaired) electrons. The van der Waals surface area contributed by atoms with Crippen LogP contribution >= 0.6 is 15.9 Å². The van der Waals surface area contributed by atoms with Crippen molar-refractivity contribution in [1.29, 1.82) is 0 Å². The number of hydrogen-bond acceptors (Lipinski definition) is 6. The number of nitrogens with two attached hydrogens (primary N) is 1. The quantitative estimate of drug-likeness (QED) is 0.378. The van der Waals surface area contributed by atoms with Crippen molar-refractivity contribution in [3.8, 4) is 11.5 Å². The number of hydrazone groups is 1. The molecular weight excluding hydrogens is 442 g/mol. The minimum absolute atomic E-state index is 0.139. The maximum absolute atomic E-state index is 12.7. The van der Waals surface area contributed by atoms with Gasteiger partial charge in [0.15, 0.2) is 18.1 Å². The molecule has 2 fully saturated rings. The van der Waals surface area contributed by atoms with Crippen molar-refractivity contribution in [2.24, 2.45) is 34.5 Å². The lowest BCUT2D eigenvalue weighted by atomic mass is 9.85. The first kappa shape index (κ1) is 19.6.